The molecule has 24 heavy (non-hydrogen) atoms. The summed E-state index contributed by atoms with van der Waals surface area (Å²) in [5.41, 5.74) is 0.534. The minimum Gasteiger partial charge on any atom is -0.370 e. The summed E-state index contributed by atoms with van der Waals surface area (Å²) < 4.78 is 19.2. The van der Waals surface area contributed by atoms with Crippen molar-refractivity contribution in [3.05, 3.63) is 35.6 Å². The summed E-state index contributed by atoms with van der Waals surface area (Å²) in [4.78, 5) is 27.5. The van der Waals surface area contributed by atoms with Crippen LogP contribution >= 0.6 is 0 Å². The van der Waals surface area contributed by atoms with Crippen molar-refractivity contribution >= 4 is 11.8 Å². The van der Waals surface area contributed by atoms with Crippen molar-refractivity contribution in [3.63, 3.8) is 0 Å². The maximum absolute atomic E-state index is 13.5. The average molecular weight is 334 g/mol. The summed E-state index contributed by atoms with van der Waals surface area (Å²) in [5, 5.41) is 0. The van der Waals surface area contributed by atoms with E-state index in [9.17, 15) is 14.0 Å². The van der Waals surface area contributed by atoms with Crippen molar-refractivity contribution in [1.29, 1.82) is 0 Å². The van der Waals surface area contributed by atoms with Gasteiger partial charge in [0.2, 0.25) is 11.8 Å². The fourth-order valence-electron chi connectivity index (χ4n) is 3.27. The van der Waals surface area contributed by atoms with Gasteiger partial charge in [-0.2, -0.15) is 0 Å². The Hall–Kier alpha value is -1.95. The SMILES string of the molecule is CC(=O)N1CCC[C@@H](C(=O)N2CC(OCc3ccccc3F)C2)C1. The van der Waals surface area contributed by atoms with Gasteiger partial charge in [0.15, 0.2) is 0 Å². The second-order valence-electron chi connectivity index (χ2n) is 6.57. The normalized spacial score (nSPS) is 21.5. The molecule has 0 spiro atoms. The number of rotatable bonds is 4. The van der Waals surface area contributed by atoms with E-state index in [0.717, 1.165) is 19.4 Å². The Balaban J connectivity index is 1.43. The van der Waals surface area contributed by atoms with Crippen molar-refractivity contribution < 1.29 is 18.7 Å². The van der Waals surface area contributed by atoms with Crippen LogP contribution in [-0.4, -0.2) is 53.9 Å². The van der Waals surface area contributed by atoms with Gasteiger partial charge in [0.1, 0.15) is 5.82 Å². The lowest BCUT2D eigenvalue weighted by atomic mass is 9.95. The van der Waals surface area contributed by atoms with Gasteiger partial charge in [0.05, 0.1) is 18.6 Å². The Morgan fingerprint density at radius 2 is 1.96 bits per heavy atom. The number of piperidine rings is 1. The molecule has 0 saturated carbocycles. The van der Waals surface area contributed by atoms with Gasteiger partial charge in [-0.3, -0.25) is 9.59 Å². The Kier molecular flexibility index (Phi) is 5.14. The first-order chi connectivity index (χ1) is 11.5. The highest BCUT2D eigenvalue weighted by atomic mass is 19.1. The third-order valence-electron chi connectivity index (χ3n) is 4.81. The van der Waals surface area contributed by atoms with Crippen LogP contribution in [0.1, 0.15) is 25.3 Å². The molecule has 2 aliphatic rings. The zero-order chi connectivity index (χ0) is 17.1. The lowest BCUT2D eigenvalue weighted by Gasteiger charge is -2.42. The van der Waals surface area contributed by atoms with Gasteiger partial charge >= 0.3 is 0 Å². The fourth-order valence-corrected chi connectivity index (χ4v) is 3.27. The van der Waals surface area contributed by atoms with Crippen LogP contribution in [0.4, 0.5) is 4.39 Å². The Labute approximate surface area is 141 Å². The van der Waals surface area contributed by atoms with E-state index < -0.39 is 0 Å². The molecular weight excluding hydrogens is 311 g/mol. The fraction of sp³-hybridized carbons (Fsp3) is 0.556. The predicted molar refractivity (Wildman–Crippen MR) is 86.5 cm³/mol. The lowest BCUT2D eigenvalue weighted by molar-refractivity contribution is -0.153. The Morgan fingerprint density at radius 3 is 2.67 bits per heavy atom. The van der Waals surface area contributed by atoms with Gasteiger partial charge in [-0.05, 0) is 18.9 Å². The Bertz CT molecular complexity index is 616. The largest absolute Gasteiger partial charge is 0.370 e. The molecule has 0 aromatic heterocycles. The smallest absolute Gasteiger partial charge is 0.227 e. The van der Waals surface area contributed by atoms with Crippen molar-refractivity contribution in [2.45, 2.75) is 32.5 Å². The van der Waals surface area contributed by atoms with E-state index in [1.165, 1.54) is 6.07 Å². The van der Waals surface area contributed by atoms with Crippen LogP contribution < -0.4 is 0 Å². The molecule has 130 valence electrons. The summed E-state index contributed by atoms with van der Waals surface area (Å²) in [6.07, 6.45) is 1.66. The van der Waals surface area contributed by atoms with Crippen molar-refractivity contribution in [2.24, 2.45) is 5.92 Å². The standard InChI is InChI=1S/C18H23FN2O3/c1-13(22)20-8-4-6-14(9-20)18(23)21-10-16(11-21)24-12-15-5-2-3-7-17(15)19/h2-3,5,7,14,16H,4,6,8-12H2,1H3/t14-/m1/s1. The summed E-state index contributed by atoms with van der Waals surface area (Å²) >= 11 is 0. The van der Waals surface area contributed by atoms with Crippen molar-refractivity contribution in [2.75, 3.05) is 26.2 Å². The second kappa shape index (κ2) is 7.30. The molecule has 2 heterocycles. The van der Waals surface area contributed by atoms with E-state index in [-0.39, 0.29) is 36.3 Å². The third-order valence-corrected chi connectivity index (χ3v) is 4.81. The molecule has 6 heteroatoms. The van der Waals surface area contributed by atoms with Crippen LogP contribution in [0, 0.1) is 11.7 Å². The molecule has 1 aromatic carbocycles. The predicted octanol–water partition coefficient (Wildman–Crippen LogP) is 1.81. The maximum Gasteiger partial charge on any atom is 0.227 e. The number of halogens is 1. The van der Waals surface area contributed by atoms with Gasteiger partial charge in [-0.15, -0.1) is 0 Å². The van der Waals surface area contributed by atoms with Crippen molar-refractivity contribution in [1.82, 2.24) is 9.80 Å². The van der Waals surface area contributed by atoms with Crippen LogP contribution in [0.5, 0.6) is 0 Å². The minimum absolute atomic E-state index is 0.0298. The number of hydrogen-bond donors (Lipinski definition) is 0. The molecule has 0 N–H and O–H groups in total. The molecular formula is C18H23FN2O3. The van der Waals surface area contributed by atoms with Crippen LogP contribution in [0.3, 0.4) is 0 Å². The number of amides is 2. The average Bonchev–Trinajstić information content (AvgIpc) is 2.54. The molecule has 1 atom stereocenters. The van der Waals surface area contributed by atoms with E-state index in [1.54, 1.807) is 34.9 Å². The van der Waals surface area contributed by atoms with Crippen LogP contribution in [0.2, 0.25) is 0 Å². The van der Waals surface area contributed by atoms with Crippen LogP contribution in [0.15, 0.2) is 24.3 Å². The molecule has 0 bridgehead atoms. The van der Waals surface area contributed by atoms with Gasteiger partial charge in [0, 0.05) is 38.7 Å². The number of hydrogen-bond acceptors (Lipinski definition) is 3. The van der Waals surface area contributed by atoms with Gasteiger partial charge in [-0.1, -0.05) is 18.2 Å². The first-order valence-corrected chi connectivity index (χ1v) is 8.44. The van der Waals surface area contributed by atoms with Gasteiger partial charge in [-0.25, -0.2) is 4.39 Å². The minimum atomic E-state index is -0.267. The van der Waals surface area contributed by atoms with Crippen molar-refractivity contribution in [3.8, 4) is 0 Å². The van der Waals surface area contributed by atoms with Gasteiger partial charge < -0.3 is 14.5 Å². The van der Waals surface area contributed by atoms with E-state index in [4.69, 9.17) is 4.74 Å². The van der Waals surface area contributed by atoms with E-state index >= 15 is 0 Å². The molecule has 2 amide bonds. The highest BCUT2D eigenvalue weighted by Crippen LogP contribution is 2.23. The van der Waals surface area contributed by atoms with E-state index in [1.807, 2.05) is 0 Å². The summed E-state index contributed by atoms with van der Waals surface area (Å²) in [5.74, 6) is -0.236. The molecule has 0 aliphatic carbocycles. The molecule has 1 aromatic rings. The number of nitrogens with zero attached hydrogens (tertiary/aromatic N) is 2. The summed E-state index contributed by atoms with van der Waals surface area (Å²) in [7, 11) is 0. The summed E-state index contributed by atoms with van der Waals surface area (Å²) in [6.45, 7) is 4.12. The monoisotopic (exact) mass is 334 g/mol. The quantitative estimate of drug-likeness (QED) is 0.844. The zero-order valence-electron chi connectivity index (χ0n) is 13.9. The lowest BCUT2D eigenvalue weighted by Crippen LogP contribution is -2.58. The number of carbonyl (C=O) groups excluding carboxylic acids is 2. The molecule has 2 saturated heterocycles. The number of likely N-dealkylation sites (tertiary alicyclic amines) is 2. The molecule has 2 fully saturated rings. The molecule has 5 nitrogen and oxygen atoms in total. The topological polar surface area (TPSA) is 49.9 Å². The molecule has 2 aliphatic heterocycles. The molecule has 0 unspecified atom stereocenters. The highest BCUT2D eigenvalue weighted by Gasteiger charge is 2.37. The maximum atomic E-state index is 13.5. The first kappa shape index (κ1) is 16.9. The number of carbonyl (C=O) groups is 2. The van der Waals surface area contributed by atoms with E-state index in [0.29, 0.717) is 25.2 Å². The summed E-state index contributed by atoms with van der Waals surface area (Å²) in [6, 6.07) is 6.55. The second-order valence-corrected chi connectivity index (χ2v) is 6.57. The van der Waals surface area contributed by atoms with Crippen LogP contribution in [0.25, 0.3) is 0 Å². The Morgan fingerprint density at radius 1 is 1.21 bits per heavy atom. The first-order valence-electron chi connectivity index (χ1n) is 8.44. The third kappa shape index (κ3) is 3.75. The zero-order valence-corrected chi connectivity index (χ0v) is 13.9. The molecule has 3 rings (SSSR count). The number of benzene rings is 1. The van der Waals surface area contributed by atoms with E-state index in [2.05, 4.69) is 0 Å². The number of ether oxygens (including phenoxy) is 1. The molecule has 0 radical (unpaired) electrons. The van der Waals surface area contributed by atoms with Crippen LogP contribution in [-0.2, 0) is 20.9 Å². The highest BCUT2D eigenvalue weighted by molar-refractivity contribution is 5.81. The van der Waals surface area contributed by atoms with Gasteiger partial charge in [0.25, 0.3) is 0 Å².